The number of aromatic hydroxyl groups is 1. The van der Waals surface area contributed by atoms with Crippen LogP contribution in [0.1, 0.15) is 21.6 Å². The summed E-state index contributed by atoms with van der Waals surface area (Å²) in [4.78, 5) is 18.6. The number of pyridine rings is 1. The molecular weight excluding hydrogens is 485 g/mol. The summed E-state index contributed by atoms with van der Waals surface area (Å²) in [6.45, 7) is 5.88. The number of nitrogens with zero attached hydrogens (tertiary/aromatic N) is 3. The van der Waals surface area contributed by atoms with Crippen LogP contribution in [-0.4, -0.2) is 14.5 Å². The van der Waals surface area contributed by atoms with Crippen molar-refractivity contribution in [3.8, 4) is 28.1 Å². The molecule has 5 rings (SSSR count). The molecule has 0 saturated heterocycles. The number of fused-ring (bicyclic) bond motifs is 1. The maximum atomic E-state index is 14.8. The Morgan fingerprint density at radius 2 is 1.86 bits per heavy atom. The maximum absolute atomic E-state index is 14.8. The van der Waals surface area contributed by atoms with Crippen LogP contribution >= 0.6 is 22.9 Å². The van der Waals surface area contributed by atoms with Crippen LogP contribution in [-0.2, 0) is 6.54 Å². The van der Waals surface area contributed by atoms with Crippen LogP contribution in [0.5, 0.6) is 5.88 Å². The first-order valence-electron chi connectivity index (χ1n) is 11.0. The predicted molar refractivity (Wildman–Crippen MR) is 137 cm³/mol. The third kappa shape index (κ3) is 4.22. The minimum atomic E-state index is -0.360. The van der Waals surface area contributed by atoms with Gasteiger partial charge < -0.3 is 5.11 Å². The van der Waals surface area contributed by atoms with Crippen molar-refractivity contribution in [2.45, 2.75) is 27.3 Å². The first kappa shape index (κ1) is 23.2. The Balaban J connectivity index is 1.79. The second kappa shape index (κ2) is 8.91. The molecule has 176 valence electrons. The molecular formula is C27H22ClFN3O2S+. The largest absolute Gasteiger partial charge is 0.477 e. The Bertz CT molecular complexity index is 1680. The van der Waals surface area contributed by atoms with Crippen LogP contribution in [0.2, 0.25) is 4.47 Å². The molecule has 0 spiro atoms. The summed E-state index contributed by atoms with van der Waals surface area (Å²) in [7, 11) is 0. The second-order valence-electron chi connectivity index (χ2n) is 8.63. The van der Waals surface area contributed by atoms with Crippen molar-refractivity contribution < 1.29 is 14.1 Å². The summed E-state index contributed by atoms with van der Waals surface area (Å²) in [5, 5.41) is 11.5. The smallest absolute Gasteiger partial charge is 0.354 e. The van der Waals surface area contributed by atoms with Crippen molar-refractivity contribution in [1.82, 2.24) is 9.38 Å². The van der Waals surface area contributed by atoms with Gasteiger partial charge in [0, 0.05) is 17.3 Å². The number of benzene rings is 2. The van der Waals surface area contributed by atoms with Crippen molar-refractivity contribution in [3.05, 3.63) is 103 Å². The lowest BCUT2D eigenvalue weighted by atomic mass is 9.96. The number of thiazole rings is 1. The Morgan fingerprint density at radius 1 is 1.09 bits per heavy atom. The van der Waals surface area contributed by atoms with Crippen molar-refractivity contribution >= 4 is 28.6 Å². The molecule has 5 aromatic rings. The van der Waals surface area contributed by atoms with Crippen molar-refractivity contribution in [2.24, 2.45) is 0 Å². The van der Waals surface area contributed by atoms with Gasteiger partial charge in [-0.05, 0) is 67.3 Å². The molecule has 5 nitrogen and oxygen atoms in total. The molecule has 0 amide bonds. The molecule has 0 saturated carbocycles. The zero-order valence-electron chi connectivity index (χ0n) is 19.3. The molecule has 0 aliphatic rings. The summed E-state index contributed by atoms with van der Waals surface area (Å²) in [6, 6.07) is 14.2. The van der Waals surface area contributed by atoms with Crippen LogP contribution in [0, 0.1) is 26.6 Å². The van der Waals surface area contributed by atoms with E-state index in [-0.39, 0.29) is 29.4 Å². The first-order valence-corrected chi connectivity index (χ1v) is 12.2. The molecule has 1 N–H and O–H groups in total. The second-order valence-corrected chi connectivity index (χ2v) is 10.3. The van der Waals surface area contributed by atoms with E-state index in [2.05, 4.69) is 4.98 Å². The van der Waals surface area contributed by atoms with E-state index in [1.165, 1.54) is 21.8 Å². The average Bonchev–Trinajstić information content (AvgIpc) is 3.21. The van der Waals surface area contributed by atoms with Gasteiger partial charge in [-0.15, -0.1) is 11.3 Å². The SMILES string of the molecule is Cc1cc(-c2ccc(C)cc2F)cc(-c2c(O)[n+](Cc3cnc(Cl)s3)c3c(C)cccn3c2=O)c1. The third-order valence-electron chi connectivity index (χ3n) is 5.97. The van der Waals surface area contributed by atoms with Gasteiger partial charge in [0.2, 0.25) is 0 Å². The number of hydrogen-bond donors (Lipinski definition) is 1. The van der Waals surface area contributed by atoms with E-state index in [4.69, 9.17) is 11.6 Å². The van der Waals surface area contributed by atoms with Gasteiger partial charge >= 0.3 is 5.56 Å². The lowest BCUT2D eigenvalue weighted by Gasteiger charge is -2.13. The van der Waals surface area contributed by atoms with E-state index in [0.29, 0.717) is 26.8 Å². The van der Waals surface area contributed by atoms with E-state index in [1.54, 1.807) is 35.2 Å². The molecule has 0 bridgehead atoms. The molecule has 0 unspecified atom stereocenters. The minimum absolute atomic E-state index is 0.140. The van der Waals surface area contributed by atoms with Gasteiger partial charge in [0.25, 0.3) is 11.5 Å². The fourth-order valence-electron chi connectivity index (χ4n) is 4.42. The summed E-state index contributed by atoms with van der Waals surface area (Å²) >= 11 is 7.34. The fraction of sp³-hybridized carbons (Fsp3) is 0.148. The average molecular weight is 507 g/mol. The molecule has 3 aromatic heterocycles. The summed E-state index contributed by atoms with van der Waals surface area (Å²) in [5.41, 5.74) is 4.41. The van der Waals surface area contributed by atoms with Crippen LogP contribution in [0.15, 0.2) is 65.7 Å². The summed E-state index contributed by atoms with van der Waals surface area (Å²) in [6.07, 6.45) is 3.34. The fourth-order valence-corrected chi connectivity index (χ4v) is 5.39. The number of rotatable bonds is 4. The Morgan fingerprint density at radius 3 is 2.57 bits per heavy atom. The first-order chi connectivity index (χ1) is 16.7. The van der Waals surface area contributed by atoms with Crippen LogP contribution in [0.4, 0.5) is 4.39 Å². The predicted octanol–water partition coefficient (Wildman–Crippen LogP) is 5.85. The maximum Gasteiger partial charge on any atom is 0.354 e. The molecule has 2 aromatic carbocycles. The van der Waals surface area contributed by atoms with Gasteiger partial charge in [-0.1, -0.05) is 35.9 Å². The quantitative estimate of drug-likeness (QED) is 0.311. The molecule has 0 radical (unpaired) electrons. The van der Waals surface area contributed by atoms with Crippen LogP contribution in [0.25, 0.3) is 27.9 Å². The zero-order chi connectivity index (χ0) is 24.9. The normalized spacial score (nSPS) is 11.3. The van der Waals surface area contributed by atoms with Crippen molar-refractivity contribution in [2.75, 3.05) is 0 Å². The monoisotopic (exact) mass is 506 g/mol. The number of hydrogen-bond acceptors (Lipinski definition) is 4. The van der Waals surface area contributed by atoms with E-state index in [9.17, 15) is 14.3 Å². The molecule has 0 aliphatic heterocycles. The van der Waals surface area contributed by atoms with Crippen LogP contribution in [0.3, 0.4) is 0 Å². The topological polar surface area (TPSA) is 58.5 Å². The van der Waals surface area contributed by atoms with Gasteiger partial charge in [-0.2, -0.15) is 8.97 Å². The van der Waals surface area contributed by atoms with E-state index < -0.39 is 0 Å². The zero-order valence-corrected chi connectivity index (χ0v) is 20.9. The van der Waals surface area contributed by atoms with Gasteiger partial charge in [0.1, 0.15) is 12.4 Å². The summed E-state index contributed by atoms with van der Waals surface area (Å²) in [5.74, 6) is -0.511. The Kier molecular flexibility index (Phi) is 5.91. The third-order valence-corrected chi connectivity index (χ3v) is 7.07. The highest BCUT2D eigenvalue weighted by Crippen LogP contribution is 2.32. The van der Waals surface area contributed by atoms with Crippen molar-refractivity contribution in [1.29, 1.82) is 0 Å². The van der Waals surface area contributed by atoms with E-state index in [1.807, 2.05) is 45.0 Å². The molecule has 3 heterocycles. The van der Waals surface area contributed by atoms with E-state index >= 15 is 0 Å². The van der Waals surface area contributed by atoms with Gasteiger partial charge in [-0.3, -0.25) is 0 Å². The molecule has 8 heteroatoms. The lowest BCUT2D eigenvalue weighted by molar-refractivity contribution is -0.671. The van der Waals surface area contributed by atoms with Gasteiger partial charge in [0.05, 0.1) is 11.1 Å². The number of aromatic nitrogens is 3. The molecule has 35 heavy (non-hydrogen) atoms. The standard InChI is InChI=1S/C27H21ClFN3O2S/c1-15-6-7-21(22(29)11-15)18-9-16(2)10-19(12-18)23-25(33)31-8-4-5-17(3)24(31)32(26(23)34)14-20-13-30-27(28)35-20/h4-13H,14H2,1-3H3/p+1. The molecule has 0 aliphatic carbocycles. The molecule has 0 fully saturated rings. The van der Waals surface area contributed by atoms with Gasteiger partial charge in [-0.25, -0.2) is 14.2 Å². The lowest BCUT2D eigenvalue weighted by Crippen LogP contribution is -2.41. The Hall–Kier alpha value is -3.55. The highest BCUT2D eigenvalue weighted by atomic mass is 35.5. The summed E-state index contributed by atoms with van der Waals surface area (Å²) < 4.78 is 18.4. The molecule has 0 atom stereocenters. The van der Waals surface area contributed by atoms with Crippen molar-refractivity contribution in [3.63, 3.8) is 0 Å². The van der Waals surface area contributed by atoms with E-state index in [0.717, 1.165) is 21.6 Å². The number of halogens is 2. The number of aryl methyl sites for hydroxylation is 3. The van der Waals surface area contributed by atoms with Gasteiger partial charge in [0.15, 0.2) is 10.0 Å². The highest BCUT2D eigenvalue weighted by molar-refractivity contribution is 7.15. The Labute approximate surface area is 210 Å². The highest BCUT2D eigenvalue weighted by Gasteiger charge is 2.27. The van der Waals surface area contributed by atoms with Crippen LogP contribution < -0.4 is 10.1 Å². The minimum Gasteiger partial charge on any atom is -0.477 e.